The highest BCUT2D eigenvalue weighted by molar-refractivity contribution is 5.81. The van der Waals surface area contributed by atoms with Crippen molar-refractivity contribution in [2.24, 2.45) is 27.8 Å². The summed E-state index contributed by atoms with van der Waals surface area (Å²) in [4.78, 5) is 0. The molecule has 0 spiro atoms. The Morgan fingerprint density at radius 2 is 1.96 bits per heavy atom. The molecule has 2 aliphatic rings. The van der Waals surface area contributed by atoms with Crippen LogP contribution < -0.4 is 0 Å². The largest absolute Gasteiger partial charge is 0.411 e. The third-order valence-corrected chi connectivity index (χ3v) is 7.29. The van der Waals surface area contributed by atoms with E-state index in [9.17, 15) is 0 Å². The average molecular weight is 346 g/mol. The van der Waals surface area contributed by atoms with Gasteiger partial charge in [0.25, 0.3) is 0 Å². The first-order chi connectivity index (χ1) is 11.7. The van der Waals surface area contributed by atoms with Crippen molar-refractivity contribution in [2.75, 3.05) is 0 Å². The van der Waals surface area contributed by atoms with Crippen molar-refractivity contribution >= 4 is 5.71 Å². The van der Waals surface area contributed by atoms with E-state index in [-0.39, 0.29) is 0 Å². The van der Waals surface area contributed by atoms with E-state index in [4.69, 9.17) is 5.21 Å². The summed E-state index contributed by atoms with van der Waals surface area (Å²) in [5.74, 6) is 1.56. The van der Waals surface area contributed by atoms with Gasteiger partial charge in [-0.15, -0.1) is 0 Å². The molecule has 0 bridgehead atoms. The first kappa shape index (κ1) is 20.3. The van der Waals surface area contributed by atoms with Gasteiger partial charge in [-0.1, -0.05) is 55.6 Å². The van der Waals surface area contributed by atoms with Gasteiger partial charge in [0.05, 0.1) is 5.71 Å². The van der Waals surface area contributed by atoms with E-state index in [1.165, 1.54) is 44.1 Å². The van der Waals surface area contributed by atoms with Crippen LogP contribution in [-0.4, -0.2) is 10.9 Å². The molecule has 0 aliphatic heterocycles. The van der Waals surface area contributed by atoms with Gasteiger partial charge in [0.15, 0.2) is 0 Å². The minimum atomic E-state index is 0.473. The van der Waals surface area contributed by atoms with Crippen LogP contribution in [0.1, 0.15) is 92.9 Å². The van der Waals surface area contributed by atoms with Crippen molar-refractivity contribution < 1.29 is 5.21 Å². The molecule has 2 nitrogen and oxygen atoms in total. The van der Waals surface area contributed by atoms with Crippen LogP contribution in [0.15, 0.2) is 28.5 Å². The highest BCUT2D eigenvalue weighted by atomic mass is 16.4. The Labute approximate surface area is 155 Å². The first-order valence-corrected chi connectivity index (χ1v) is 10.2. The Morgan fingerprint density at radius 1 is 1.24 bits per heavy atom. The fourth-order valence-electron chi connectivity index (χ4n) is 5.75. The molecule has 0 heterocycles. The third-order valence-electron chi connectivity index (χ3n) is 7.29. The van der Waals surface area contributed by atoms with Crippen LogP contribution in [0.3, 0.4) is 0 Å². The van der Waals surface area contributed by atoms with Crippen LogP contribution in [0.5, 0.6) is 0 Å². The molecule has 0 radical (unpaired) electrons. The SMILES string of the molecule is CC1=CC[C@@H]2C(C)(C)CCC[C@]2(C)[C@H]1CC/C(C)=C/CC/C(C)=N\O. The smallest absolute Gasteiger partial charge is 0.0543 e. The number of hydrogen-bond donors (Lipinski definition) is 1. The molecule has 0 aromatic carbocycles. The molecule has 25 heavy (non-hydrogen) atoms. The number of hydrogen-bond acceptors (Lipinski definition) is 2. The Hall–Kier alpha value is -1.05. The van der Waals surface area contributed by atoms with Gasteiger partial charge in [0.2, 0.25) is 0 Å². The predicted molar refractivity (Wildman–Crippen MR) is 108 cm³/mol. The van der Waals surface area contributed by atoms with Crippen molar-refractivity contribution in [1.82, 2.24) is 0 Å². The van der Waals surface area contributed by atoms with Gasteiger partial charge in [-0.25, -0.2) is 0 Å². The molecule has 0 saturated heterocycles. The van der Waals surface area contributed by atoms with Gasteiger partial charge in [-0.2, -0.15) is 0 Å². The van der Waals surface area contributed by atoms with Crippen LogP contribution >= 0.6 is 0 Å². The molecule has 1 N–H and O–H groups in total. The van der Waals surface area contributed by atoms with Crippen molar-refractivity contribution in [1.29, 1.82) is 0 Å². The van der Waals surface area contributed by atoms with E-state index in [1.54, 1.807) is 5.57 Å². The summed E-state index contributed by atoms with van der Waals surface area (Å²) in [7, 11) is 0. The number of rotatable bonds is 6. The zero-order valence-corrected chi connectivity index (χ0v) is 17.4. The highest BCUT2D eigenvalue weighted by Crippen LogP contribution is 2.60. The molecule has 1 saturated carbocycles. The van der Waals surface area contributed by atoms with E-state index in [0.29, 0.717) is 10.8 Å². The summed E-state index contributed by atoms with van der Waals surface area (Å²) in [5.41, 5.74) is 4.89. The number of oxime groups is 1. The van der Waals surface area contributed by atoms with E-state index >= 15 is 0 Å². The number of nitrogens with zero attached hydrogens (tertiary/aromatic N) is 1. The Bertz CT molecular complexity index is 554. The van der Waals surface area contributed by atoms with Crippen molar-refractivity contribution in [3.8, 4) is 0 Å². The first-order valence-electron chi connectivity index (χ1n) is 10.2. The molecule has 0 amide bonds. The summed E-state index contributed by atoms with van der Waals surface area (Å²) >= 11 is 0. The molecule has 2 heteroatoms. The Balaban J connectivity index is 2.03. The lowest BCUT2D eigenvalue weighted by molar-refractivity contribution is -0.0390. The molecule has 0 unspecified atom stereocenters. The van der Waals surface area contributed by atoms with E-state index in [0.717, 1.165) is 30.4 Å². The number of fused-ring (bicyclic) bond motifs is 1. The molecule has 0 aromatic heterocycles. The summed E-state index contributed by atoms with van der Waals surface area (Å²) in [5, 5.41) is 12.0. The van der Waals surface area contributed by atoms with Crippen molar-refractivity contribution in [3.05, 3.63) is 23.3 Å². The fraction of sp³-hybridized carbons (Fsp3) is 0.783. The van der Waals surface area contributed by atoms with Gasteiger partial charge < -0.3 is 5.21 Å². The highest BCUT2D eigenvalue weighted by Gasteiger charge is 2.51. The maximum atomic E-state index is 8.74. The quantitative estimate of drug-likeness (QED) is 0.236. The topological polar surface area (TPSA) is 32.6 Å². The lowest BCUT2D eigenvalue weighted by Gasteiger charge is -2.57. The predicted octanol–water partition coefficient (Wildman–Crippen LogP) is 7.14. The Kier molecular flexibility index (Phi) is 6.56. The van der Waals surface area contributed by atoms with Gasteiger partial charge in [0, 0.05) is 0 Å². The second kappa shape index (κ2) is 8.10. The molecular weight excluding hydrogens is 306 g/mol. The van der Waals surface area contributed by atoms with Gasteiger partial charge >= 0.3 is 0 Å². The van der Waals surface area contributed by atoms with Gasteiger partial charge in [-0.05, 0) is 88.4 Å². The molecule has 2 aliphatic carbocycles. The summed E-state index contributed by atoms with van der Waals surface area (Å²) in [6.07, 6.45) is 14.6. The fourth-order valence-corrected chi connectivity index (χ4v) is 5.75. The van der Waals surface area contributed by atoms with Gasteiger partial charge in [0.1, 0.15) is 0 Å². The van der Waals surface area contributed by atoms with Crippen LogP contribution in [0.25, 0.3) is 0 Å². The standard InChI is InChI=1S/C23H39NO/c1-17(9-7-10-19(3)24-25)11-13-20-18(2)12-14-21-22(4,5)15-8-16-23(20,21)6/h9,12,20-21,25H,7-8,10-11,13-16H2,1-6H3/b17-9+,24-19-/t20-,21+,23+/m0/s1. The second-order valence-electron chi connectivity index (χ2n) is 9.60. The average Bonchev–Trinajstić information content (AvgIpc) is 2.53. The Morgan fingerprint density at radius 3 is 2.64 bits per heavy atom. The van der Waals surface area contributed by atoms with Gasteiger partial charge in [-0.3, -0.25) is 0 Å². The number of allylic oxidation sites excluding steroid dienone is 4. The molecule has 3 atom stereocenters. The lowest BCUT2D eigenvalue weighted by atomic mass is 9.48. The van der Waals surface area contributed by atoms with Crippen LogP contribution in [-0.2, 0) is 0 Å². The van der Waals surface area contributed by atoms with E-state index in [2.05, 4.69) is 51.9 Å². The summed E-state index contributed by atoms with van der Waals surface area (Å²) < 4.78 is 0. The minimum Gasteiger partial charge on any atom is -0.411 e. The zero-order chi connectivity index (χ0) is 18.7. The van der Waals surface area contributed by atoms with E-state index < -0.39 is 0 Å². The minimum absolute atomic E-state index is 0.473. The molecule has 1 fully saturated rings. The summed E-state index contributed by atoms with van der Waals surface area (Å²) in [6, 6.07) is 0. The molecular formula is C23H39NO. The maximum Gasteiger partial charge on any atom is 0.0543 e. The van der Waals surface area contributed by atoms with Crippen LogP contribution in [0, 0.1) is 22.7 Å². The second-order valence-corrected chi connectivity index (χ2v) is 9.60. The monoisotopic (exact) mass is 345 g/mol. The summed E-state index contributed by atoms with van der Waals surface area (Å²) in [6.45, 7) is 14.1. The van der Waals surface area contributed by atoms with Crippen molar-refractivity contribution in [2.45, 2.75) is 92.9 Å². The maximum absolute atomic E-state index is 8.74. The third kappa shape index (κ3) is 4.57. The van der Waals surface area contributed by atoms with Crippen molar-refractivity contribution in [3.63, 3.8) is 0 Å². The molecule has 0 aromatic rings. The zero-order valence-electron chi connectivity index (χ0n) is 17.4. The molecule has 142 valence electrons. The lowest BCUT2D eigenvalue weighted by Crippen LogP contribution is -2.48. The molecule has 2 rings (SSSR count). The van der Waals surface area contributed by atoms with E-state index in [1.807, 2.05) is 6.92 Å². The van der Waals surface area contributed by atoms with Crippen LogP contribution in [0.4, 0.5) is 0 Å². The van der Waals surface area contributed by atoms with Crippen LogP contribution in [0.2, 0.25) is 0 Å². The normalized spacial score (nSPS) is 33.0.